The molecule has 0 amide bonds. The van der Waals surface area contributed by atoms with Crippen molar-refractivity contribution in [3.05, 3.63) is 0 Å². The molecule has 5 heteroatoms. The van der Waals surface area contributed by atoms with Gasteiger partial charge in [0.2, 0.25) is 0 Å². The predicted molar refractivity (Wildman–Crippen MR) is 48.9 cm³/mol. The van der Waals surface area contributed by atoms with E-state index in [2.05, 4.69) is 0 Å². The number of nitrogens with two attached hydrogens (primary N) is 1. The number of nitrogens with zero attached hydrogens (tertiary/aromatic N) is 1. The summed E-state index contributed by atoms with van der Waals surface area (Å²) in [6, 6.07) is 0.266. The van der Waals surface area contributed by atoms with E-state index in [1.54, 1.807) is 11.9 Å². The van der Waals surface area contributed by atoms with Crippen LogP contribution in [0, 0.1) is 5.92 Å². The summed E-state index contributed by atoms with van der Waals surface area (Å²) >= 11 is 0. The summed E-state index contributed by atoms with van der Waals surface area (Å²) in [5.41, 5.74) is 5.50. The van der Waals surface area contributed by atoms with Crippen LogP contribution in [0.1, 0.15) is 19.3 Å². The van der Waals surface area contributed by atoms with Crippen molar-refractivity contribution >= 4 is 0 Å². The zero-order chi connectivity index (χ0) is 10.8. The summed E-state index contributed by atoms with van der Waals surface area (Å²) in [5.74, 6) is 0.397. The molecule has 1 fully saturated rings. The quantitative estimate of drug-likeness (QED) is 0.763. The van der Waals surface area contributed by atoms with Gasteiger partial charge in [-0.1, -0.05) is 0 Å². The zero-order valence-corrected chi connectivity index (χ0v) is 8.35. The van der Waals surface area contributed by atoms with Crippen molar-refractivity contribution in [2.45, 2.75) is 31.5 Å². The molecule has 0 radical (unpaired) electrons. The highest BCUT2D eigenvalue weighted by molar-refractivity contribution is 4.88. The Morgan fingerprint density at radius 3 is 2.36 bits per heavy atom. The predicted octanol–water partition coefficient (Wildman–Crippen LogP) is 1.61. The minimum atomic E-state index is -4.05. The van der Waals surface area contributed by atoms with Gasteiger partial charge in [0.15, 0.2) is 0 Å². The van der Waals surface area contributed by atoms with Crippen LogP contribution in [0.5, 0.6) is 0 Å². The second-order valence-electron chi connectivity index (χ2n) is 3.99. The lowest BCUT2D eigenvalue weighted by atomic mass is 9.78. The van der Waals surface area contributed by atoms with Crippen molar-refractivity contribution in [1.29, 1.82) is 0 Å². The molecule has 0 aliphatic heterocycles. The smallest absolute Gasteiger partial charge is 0.330 e. The normalized spacial score (nSPS) is 27.9. The third-order valence-corrected chi connectivity index (χ3v) is 2.99. The third-order valence-electron chi connectivity index (χ3n) is 2.99. The number of hydrogen-bond donors (Lipinski definition) is 1. The number of halogens is 3. The summed E-state index contributed by atoms with van der Waals surface area (Å²) in [7, 11) is 1.75. The standard InChI is InChI=1S/C9H17F3N2/c1-14(5-4-9(10,11)12)8-3-2-7(8)6-13/h7-8H,2-6,13H2,1H3. The van der Waals surface area contributed by atoms with Crippen molar-refractivity contribution in [2.24, 2.45) is 11.7 Å². The molecular weight excluding hydrogens is 193 g/mol. The molecule has 14 heavy (non-hydrogen) atoms. The van der Waals surface area contributed by atoms with E-state index in [1.807, 2.05) is 0 Å². The fourth-order valence-electron chi connectivity index (χ4n) is 1.88. The highest BCUT2D eigenvalue weighted by atomic mass is 19.4. The van der Waals surface area contributed by atoms with Crippen LogP contribution >= 0.6 is 0 Å². The molecule has 0 saturated heterocycles. The molecule has 84 valence electrons. The van der Waals surface area contributed by atoms with E-state index in [4.69, 9.17) is 5.73 Å². The minimum absolute atomic E-state index is 0.0880. The van der Waals surface area contributed by atoms with Gasteiger partial charge < -0.3 is 10.6 Å². The lowest BCUT2D eigenvalue weighted by Gasteiger charge is -2.42. The van der Waals surface area contributed by atoms with E-state index in [1.165, 1.54) is 0 Å². The largest absolute Gasteiger partial charge is 0.390 e. The maximum absolute atomic E-state index is 11.9. The van der Waals surface area contributed by atoms with Crippen LogP contribution in [0.3, 0.4) is 0 Å². The van der Waals surface area contributed by atoms with Crippen molar-refractivity contribution in [3.8, 4) is 0 Å². The number of hydrogen-bond acceptors (Lipinski definition) is 2. The average Bonchev–Trinajstić information content (AvgIpc) is 1.98. The maximum atomic E-state index is 11.9. The van der Waals surface area contributed by atoms with E-state index in [0.717, 1.165) is 12.8 Å². The van der Waals surface area contributed by atoms with Crippen LogP contribution in [-0.2, 0) is 0 Å². The average molecular weight is 210 g/mol. The lowest BCUT2D eigenvalue weighted by Crippen LogP contribution is -2.48. The van der Waals surface area contributed by atoms with Gasteiger partial charge >= 0.3 is 6.18 Å². The minimum Gasteiger partial charge on any atom is -0.330 e. The van der Waals surface area contributed by atoms with E-state index in [0.29, 0.717) is 12.5 Å². The Morgan fingerprint density at radius 1 is 1.36 bits per heavy atom. The molecule has 0 heterocycles. The van der Waals surface area contributed by atoms with Crippen LogP contribution < -0.4 is 5.73 Å². The highest BCUT2D eigenvalue weighted by Crippen LogP contribution is 2.31. The van der Waals surface area contributed by atoms with E-state index in [-0.39, 0.29) is 12.6 Å². The molecule has 2 nitrogen and oxygen atoms in total. The summed E-state index contributed by atoms with van der Waals surface area (Å²) < 4.78 is 35.8. The van der Waals surface area contributed by atoms with E-state index in [9.17, 15) is 13.2 Å². The summed E-state index contributed by atoms with van der Waals surface area (Å²) in [6.45, 7) is 0.672. The molecule has 1 aliphatic rings. The van der Waals surface area contributed by atoms with Gasteiger partial charge in [0.1, 0.15) is 0 Å². The van der Waals surface area contributed by atoms with Gasteiger partial charge in [-0.3, -0.25) is 0 Å². The van der Waals surface area contributed by atoms with Gasteiger partial charge in [0.25, 0.3) is 0 Å². The fraction of sp³-hybridized carbons (Fsp3) is 1.00. The molecule has 0 aromatic rings. The van der Waals surface area contributed by atoms with Crippen molar-refractivity contribution in [3.63, 3.8) is 0 Å². The van der Waals surface area contributed by atoms with Crippen LogP contribution in [-0.4, -0.2) is 37.3 Å². The molecular formula is C9H17F3N2. The second-order valence-corrected chi connectivity index (χ2v) is 3.99. The molecule has 0 bridgehead atoms. The molecule has 0 spiro atoms. The van der Waals surface area contributed by atoms with Gasteiger partial charge in [-0.05, 0) is 32.4 Å². The first kappa shape index (κ1) is 11.8. The van der Waals surface area contributed by atoms with Crippen LogP contribution in [0.4, 0.5) is 13.2 Å². The van der Waals surface area contributed by atoms with Crippen LogP contribution in [0.15, 0.2) is 0 Å². The van der Waals surface area contributed by atoms with E-state index < -0.39 is 12.6 Å². The monoisotopic (exact) mass is 210 g/mol. The maximum Gasteiger partial charge on any atom is 0.390 e. The topological polar surface area (TPSA) is 29.3 Å². The Labute approximate surface area is 82.2 Å². The van der Waals surface area contributed by atoms with Gasteiger partial charge in [0, 0.05) is 12.6 Å². The van der Waals surface area contributed by atoms with Gasteiger partial charge in [-0.2, -0.15) is 13.2 Å². The number of alkyl halides is 3. The molecule has 1 aliphatic carbocycles. The Morgan fingerprint density at radius 2 is 2.00 bits per heavy atom. The van der Waals surface area contributed by atoms with Gasteiger partial charge in [-0.25, -0.2) is 0 Å². The van der Waals surface area contributed by atoms with Crippen molar-refractivity contribution < 1.29 is 13.2 Å². The Bertz CT molecular complexity index is 179. The molecule has 1 saturated carbocycles. The van der Waals surface area contributed by atoms with Crippen LogP contribution in [0.25, 0.3) is 0 Å². The summed E-state index contributed by atoms with van der Waals surface area (Å²) in [5, 5.41) is 0. The molecule has 0 aromatic heterocycles. The molecule has 2 unspecified atom stereocenters. The second kappa shape index (κ2) is 4.49. The molecule has 2 atom stereocenters. The highest BCUT2D eigenvalue weighted by Gasteiger charge is 2.34. The first-order valence-corrected chi connectivity index (χ1v) is 4.91. The Balaban J connectivity index is 2.25. The van der Waals surface area contributed by atoms with Gasteiger partial charge in [-0.15, -0.1) is 0 Å². The van der Waals surface area contributed by atoms with Crippen LogP contribution in [0.2, 0.25) is 0 Å². The van der Waals surface area contributed by atoms with Crippen molar-refractivity contribution in [1.82, 2.24) is 4.90 Å². The summed E-state index contributed by atoms with van der Waals surface area (Å²) in [4.78, 5) is 1.79. The van der Waals surface area contributed by atoms with Gasteiger partial charge in [0.05, 0.1) is 6.42 Å². The molecule has 0 aromatic carbocycles. The zero-order valence-electron chi connectivity index (χ0n) is 8.35. The number of rotatable bonds is 4. The third kappa shape index (κ3) is 3.13. The molecule has 1 rings (SSSR count). The Hall–Kier alpha value is -0.290. The summed E-state index contributed by atoms with van der Waals surface area (Å²) in [6.07, 6.45) is -2.73. The first-order valence-electron chi connectivity index (χ1n) is 4.91. The SMILES string of the molecule is CN(CCC(F)(F)F)C1CCC1CN. The van der Waals surface area contributed by atoms with E-state index >= 15 is 0 Å². The Kier molecular flexibility index (Phi) is 3.78. The molecule has 2 N–H and O–H groups in total. The fourth-order valence-corrected chi connectivity index (χ4v) is 1.88. The van der Waals surface area contributed by atoms with Crippen molar-refractivity contribution in [2.75, 3.05) is 20.1 Å². The first-order chi connectivity index (χ1) is 6.44. The lowest BCUT2D eigenvalue weighted by molar-refractivity contribution is -0.139.